The van der Waals surface area contributed by atoms with Gasteiger partial charge in [-0.3, -0.25) is 0 Å². The van der Waals surface area contributed by atoms with Crippen molar-refractivity contribution in [3.8, 4) is 0 Å². The topological polar surface area (TPSA) is 52.0 Å². The van der Waals surface area contributed by atoms with E-state index >= 15 is 0 Å². The molecule has 2 atom stereocenters. The van der Waals surface area contributed by atoms with Crippen LogP contribution in [0.2, 0.25) is 0 Å². The van der Waals surface area contributed by atoms with E-state index < -0.39 is 0 Å². The van der Waals surface area contributed by atoms with Crippen LogP contribution in [0.3, 0.4) is 0 Å². The standard InChI is InChI=1S/C8H20N2/c1-3-8(4-5-9)7(2)6-10/h7-8H,3-6,9-10H2,1-2H3. The first-order valence-electron chi connectivity index (χ1n) is 4.16. The normalized spacial score (nSPS) is 16.8. The predicted octanol–water partition coefficient (Wildman–Crippen LogP) is 0.956. The van der Waals surface area contributed by atoms with E-state index in [1.54, 1.807) is 0 Å². The van der Waals surface area contributed by atoms with E-state index in [2.05, 4.69) is 13.8 Å². The third-order valence-electron chi connectivity index (χ3n) is 2.24. The van der Waals surface area contributed by atoms with Crippen LogP contribution in [0.25, 0.3) is 0 Å². The Morgan fingerprint density at radius 3 is 2.20 bits per heavy atom. The van der Waals surface area contributed by atoms with Crippen LogP contribution in [0, 0.1) is 11.8 Å². The summed E-state index contributed by atoms with van der Waals surface area (Å²) in [6, 6.07) is 0. The summed E-state index contributed by atoms with van der Waals surface area (Å²) in [4.78, 5) is 0. The molecule has 0 saturated heterocycles. The molecule has 0 fully saturated rings. The average molecular weight is 144 g/mol. The number of nitrogens with two attached hydrogens (primary N) is 2. The van der Waals surface area contributed by atoms with Gasteiger partial charge < -0.3 is 11.5 Å². The van der Waals surface area contributed by atoms with Crippen LogP contribution in [0.4, 0.5) is 0 Å². The maximum Gasteiger partial charge on any atom is -0.00488 e. The third-order valence-corrected chi connectivity index (χ3v) is 2.24. The molecule has 0 aromatic heterocycles. The number of hydrogen-bond acceptors (Lipinski definition) is 2. The molecular formula is C8H20N2. The summed E-state index contributed by atoms with van der Waals surface area (Å²) in [7, 11) is 0. The lowest BCUT2D eigenvalue weighted by molar-refractivity contribution is 0.337. The van der Waals surface area contributed by atoms with Gasteiger partial charge in [0.15, 0.2) is 0 Å². The van der Waals surface area contributed by atoms with Gasteiger partial charge in [0.2, 0.25) is 0 Å². The SMILES string of the molecule is CCC(CCN)C(C)CN. The zero-order chi connectivity index (χ0) is 7.98. The van der Waals surface area contributed by atoms with Crippen LogP contribution in [-0.2, 0) is 0 Å². The van der Waals surface area contributed by atoms with E-state index in [0.717, 1.165) is 25.4 Å². The molecule has 0 saturated carbocycles. The Morgan fingerprint density at radius 2 is 1.90 bits per heavy atom. The van der Waals surface area contributed by atoms with Gasteiger partial charge in [0, 0.05) is 0 Å². The molecule has 0 radical (unpaired) electrons. The first-order valence-corrected chi connectivity index (χ1v) is 4.16. The van der Waals surface area contributed by atoms with Crippen molar-refractivity contribution in [3.63, 3.8) is 0 Å². The van der Waals surface area contributed by atoms with E-state index in [9.17, 15) is 0 Å². The van der Waals surface area contributed by atoms with E-state index in [0.29, 0.717) is 5.92 Å². The largest absolute Gasteiger partial charge is 0.330 e. The van der Waals surface area contributed by atoms with Gasteiger partial charge in [-0.25, -0.2) is 0 Å². The van der Waals surface area contributed by atoms with Crippen LogP contribution in [-0.4, -0.2) is 13.1 Å². The zero-order valence-electron chi connectivity index (χ0n) is 7.14. The fourth-order valence-corrected chi connectivity index (χ4v) is 1.30. The molecule has 2 nitrogen and oxygen atoms in total. The lowest BCUT2D eigenvalue weighted by atomic mass is 9.89. The fraction of sp³-hybridized carbons (Fsp3) is 1.00. The molecule has 2 unspecified atom stereocenters. The summed E-state index contributed by atoms with van der Waals surface area (Å²) in [5.41, 5.74) is 11.0. The summed E-state index contributed by atoms with van der Waals surface area (Å²) in [5.74, 6) is 1.36. The maximum atomic E-state index is 5.54. The van der Waals surface area contributed by atoms with E-state index in [4.69, 9.17) is 11.5 Å². The second-order valence-electron chi connectivity index (χ2n) is 2.96. The molecular weight excluding hydrogens is 124 g/mol. The van der Waals surface area contributed by atoms with Gasteiger partial charge in [-0.1, -0.05) is 20.3 Å². The zero-order valence-corrected chi connectivity index (χ0v) is 7.14. The van der Waals surface area contributed by atoms with Crippen molar-refractivity contribution in [1.29, 1.82) is 0 Å². The summed E-state index contributed by atoms with van der Waals surface area (Å²) >= 11 is 0. The first-order chi connectivity index (χ1) is 4.76. The molecule has 0 aromatic rings. The van der Waals surface area contributed by atoms with Gasteiger partial charge in [-0.05, 0) is 31.3 Å². The van der Waals surface area contributed by atoms with Crippen LogP contribution in [0.1, 0.15) is 26.7 Å². The lowest BCUT2D eigenvalue weighted by Gasteiger charge is -2.19. The van der Waals surface area contributed by atoms with Gasteiger partial charge in [0.05, 0.1) is 0 Å². The molecule has 4 N–H and O–H groups in total. The highest BCUT2D eigenvalue weighted by atomic mass is 14.6. The lowest BCUT2D eigenvalue weighted by Crippen LogP contribution is -2.22. The molecule has 0 aliphatic heterocycles. The van der Waals surface area contributed by atoms with Crippen molar-refractivity contribution in [1.82, 2.24) is 0 Å². The van der Waals surface area contributed by atoms with Crippen molar-refractivity contribution in [2.75, 3.05) is 13.1 Å². The highest BCUT2D eigenvalue weighted by molar-refractivity contribution is 4.65. The minimum atomic E-state index is 0.633. The van der Waals surface area contributed by atoms with Crippen molar-refractivity contribution in [2.45, 2.75) is 26.7 Å². The smallest absolute Gasteiger partial charge is 0.00488 e. The fourth-order valence-electron chi connectivity index (χ4n) is 1.30. The molecule has 0 bridgehead atoms. The number of rotatable bonds is 5. The third kappa shape index (κ3) is 3.18. The minimum absolute atomic E-state index is 0.633. The predicted molar refractivity (Wildman–Crippen MR) is 45.7 cm³/mol. The molecule has 62 valence electrons. The van der Waals surface area contributed by atoms with Gasteiger partial charge in [0.25, 0.3) is 0 Å². The molecule has 2 heteroatoms. The van der Waals surface area contributed by atoms with Crippen LogP contribution in [0.15, 0.2) is 0 Å². The molecule has 0 heterocycles. The van der Waals surface area contributed by atoms with Crippen LogP contribution < -0.4 is 11.5 Å². The molecule has 0 amide bonds. The molecule has 0 rings (SSSR count). The van der Waals surface area contributed by atoms with Crippen LogP contribution in [0.5, 0.6) is 0 Å². The molecule has 0 aliphatic rings. The van der Waals surface area contributed by atoms with Gasteiger partial charge in [-0.2, -0.15) is 0 Å². The van der Waals surface area contributed by atoms with Crippen molar-refractivity contribution < 1.29 is 0 Å². The molecule has 0 spiro atoms. The second-order valence-corrected chi connectivity index (χ2v) is 2.96. The Kier molecular flexibility index (Phi) is 5.64. The summed E-state index contributed by atoms with van der Waals surface area (Å²) in [6.45, 7) is 5.98. The van der Waals surface area contributed by atoms with Crippen molar-refractivity contribution in [3.05, 3.63) is 0 Å². The maximum absolute atomic E-state index is 5.54. The average Bonchev–Trinajstić information content (AvgIpc) is 1.99. The summed E-state index contributed by atoms with van der Waals surface area (Å²) < 4.78 is 0. The Hall–Kier alpha value is -0.0800. The van der Waals surface area contributed by atoms with E-state index in [-0.39, 0.29) is 0 Å². The highest BCUT2D eigenvalue weighted by Gasteiger charge is 2.11. The number of hydrogen-bond donors (Lipinski definition) is 2. The first kappa shape index (κ1) is 9.92. The molecule has 10 heavy (non-hydrogen) atoms. The summed E-state index contributed by atoms with van der Waals surface area (Å²) in [5, 5.41) is 0. The van der Waals surface area contributed by atoms with Crippen LogP contribution >= 0.6 is 0 Å². The van der Waals surface area contributed by atoms with Crippen molar-refractivity contribution >= 4 is 0 Å². The molecule has 0 aliphatic carbocycles. The molecule has 0 aromatic carbocycles. The van der Waals surface area contributed by atoms with E-state index in [1.165, 1.54) is 6.42 Å². The summed E-state index contributed by atoms with van der Waals surface area (Å²) in [6.07, 6.45) is 2.32. The Balaban J connectivity index is 3.56. The van der Waals surface area contributed by atoms with Gasteiger partial charge in [0.1, 0.15) is 0 Å². The highest BCUT2D eigenvalue weighted by Crippen LogP contribution is 2.17. The van der Waals surface area contributed by atoms with Crippen molar-refractivity contribution in [2.24, 2.45) is 23.3 Å². The minimum Gasteiger partial charge on any atom is -0.330 e. The Bertz CT molecular complexity index is 73.7. The Morgan fingerprint density at radius 1 is 1.30 bits per heavy atom. The Labute approximate surface area is 64.0 Å². The quantitative estimate of drug-likeness (QED) is 0.603. The van der Waals surface area contributed by atoms with E-state index in [1.807, 2.05) is 0 Å². The van der Waals surface area contributed by atoms with Gasteiger partial charge >= 0.3 is 0 Å². The van der Waals surface area contributed by atoms with Gasteiger partial charge in [-0.15, -0.1) is 0 Å². The monoisotopic (exact) mass is 144 g/mol. The second kappa shape index (κ2) is 5.69.